The first kappa shape index (κ1) is 18.3. The molecule has 0 unspecified atom stereocenters. The summed E-state index contributed by atoms with van der Waals surface area (Å²) in [4.78, 5) is 13.0. The summed E-state index contributed by atoms with van der Waals surface area (Å²) in [6.45, 7) is 3.84. The van der Waals surface area contributed by atoms with Gasteiger partial charge in [0.05, 0.1) is 23.8 Å². The van der Waals surface area contributed by atoms with Crippen molar-refractivity contribution in [3.63, 3.8) is 0 Å². The van der Waals surface area contributed by atoms with Crippen LogP contribution in [-0.2, 0) is 9.53 Å². The molecule has 8 heteroatoms. The summed E-state index contributed by atoms with van der Waals surface area (Å²) in [5.41, 5.74) is 11.0. The molecular formula is C16H19F2N3O2S. The van der Waals surface area contributed by atoms with Crippen molar-refractivity contribution in [2.45, 2.75) is 6.92 Å². The lowest BCUT2D eigenvalue weighted by Gasteiger charge is -2.29. The van der Waals surface area contributed by atoms with Crippen molar-refractivity contribution in [3.05, 3.63) is 46.5 Å². The highest BCUT2D eigenvalue weighted by Gasteiger charge is 2.20. The first-order valence-electron chi connectivity index (χ1n) is 7.35. The van der Waals surface area contributed by atoms with E-state index in [0.29, 0.717) is 32.0 Å². The van der Waals surface area contributed by atoms with E-state index in [1.165, 1.54) is 18.2 Å². The van der Waals surface area contributed by atoms with Crippen LogP contribution in [0.4, 0.5) is 14.5 Å². The molecule has 0 radical (unpaired) electrons. The molecule has 0 aromatic heterocycles. The summed E-state index contributed by atoms with van der Waals surface area (Å²) >= 11 is 0.881. The minimum atomic E-state index is -0.723. The molecule has 0 aliphatic carbocycles. The highest BCUT2D eigenvalue weighted by atomic mass is 32.2. The zero-order valence-corrected chi connectivity index (χ0v) is 14.0. The lowest BCUT2D eigenvalue weighted by atomic mass is 10.1. The van der Waals surface area contributed by atoms with Crippen LogP contribution in [0.5, 0.6) is 0 Å². The Morgan fingerprint density at radius 2 is 1.83 bits per heavy atom. The minimum Gasteiger partial charge on any atom is -0.393 e. The van der Waals surface area contributed by atoms with Gasteiger partial charge in [-0.1, -0.05) is 17.8 Å². The predicted molar refractivity (Wildman–Crippen MR) is 92.1 cm³/mol. The number of thioether (sulfide) groups is 1. The number of carbonyl (C=O) groups excluding carboxylic acids is 1. The first-order chi connectivity index (χ1) is 11.4. The molecule has 0 spiro atoms. The molecule has 0 saturated carbocycles. The van der Waals surface area contributed by atoms with Crippen molar-refractivity contribution in [1.29, 1.82) is 0 Å². The summed E-state index contributed by atoms with van der Waals surface area (Å²) in [6, 6.07) is 2.59. The number of anilines is 1. The van der Waals surface area contributed by atoms with E-state index in [9.17, 15) is 13.6 Å². The van der Waals surface area contributed by atoms with Crippen LogP contribution in [0.1, 0.15) is 12.5 Å². The number of morpholine rings is 1. The third-order valence-corrected chi connectivity index (χ3v) is 4.44. The third-order valence-electron chi connectivity index (χ3n) is 3.42. The van der Waals surface area contributed by atoms with Crippen molar-refractivity contribution in [1.82, 2.24) is 0 Å². The second-order valence-corrected chi connectivity index (χ2v) is 6.20. The number of hydrogen-bond acceptors (Lipinski definition) is 5. The molecule has 1 aromatic carbocycles. The van der Waals surface area contributed by atoms with Gasteiger partial charge in [-0.15, -0.1) is 0 Å². The molecule has 1 aliphatic rings. The Morgan fingerprint density at radius 3 is 2.33 bits per heavy atom. The zero-order valence-electron chi connectivity index (χ0n) is 13.2. The smallest absolute Gasteiger partial charge is 0.244 e. The van der Waals surface area contributed by atoms with E-state index in [2.05, 4.69) is 0 Å². The highest BCUT2D eigenvalue weighted by Crippen LogP contribution is 2.36. The Labute approximate surface area is 143 Å². The van der Waals surface area contributed by atoms with Crippen LogP contribution in [0.2, 0.25) is 0 Å². The molecule has 0 bridgehead atoms. The molecule has 1 heterocycles. The number of nitrogens with two attached hydrogens (primary N) is 2. The number of benzene rings is 1. The number of carbonyl (C=O) groups is 1. The van der Waals surface area contributed by atoms with Gasteiger partial charge in [0, 0.05) is 29.8 Å². The third kappa shape index (κ3) is 4.48. The second-order valence-electron chi connectivity index (χ2n) is 5.09. The summed E-state index contributed by atoms with van der Waals surface area (Å²) < 4.78 is 34.3. The van der Waals surface area contributed by atoms with Gasteiger partial charge in [0.15, 0.2) is 0 Å². The van der Waals surface area contributed by atoms with Gasteiger partial charge < -0.3 is 21.1 Å². The average molecular weight is 355 g/mol. The Morgan fingerprint density at radius 1 is 1.25 bits per heavy atom. The minimum absolute atomic E-state index is 0.0617. The number of rotatable bonds is 5. The number of halogens is 2. The fraction of sp³-hybridized carbons (Fsp3) is 0.312. The Bertz CT molecular complexity index is 663. The van der Waals surface area contributed by atoms with Crippen molar-refractivity contribution < 1.29 is 18.3 Å². The van der Waals surface area contributed by atoms with Crippen LogP contribution in [0.3, 0.4) is 0 Å². The molecule has 1 amide bonds. The number of amides is 1. The molecular weight excluding hydrogens is 336 g/mol. The molecule has 1 aromatic rings. The SMILES string of the molecule is C/C=C(\S/C(N)=C/C(N)=O)c1c(F)cc(N2CCOCC2)cc1F. The fourth-order valence-electron chi connectivity index (χ4n) is 2.35. The standard InChI is InChI=1S/C16H19F2N3O2S/c1-2-13(24-15(20)9-14(19)22)16-11(17)7-10(8-12(16)18)21-3-5-23-6-4-21/h2,7-9H,3-6,20H2,1H3,(H2,19,22)/b13-2-,15-9+. The van der Waals surface area contributed by atoms with Crippen LogP contribution in [0, 0.1) is 11.6 Å². The van der Waals surface area contributed by atoms with Crippen molar-refractivity contribution in [2.75, 3.05) is 31.2 Å². The van der Waals surface area contributed by atoms with Gasteiger partial charge in [-0.3, -0.25) is 4.79 Å². The Balaban J connectivity index is 2.30. The number of primary amides is 1. The van der Waals surface area contributed by atoms with E-state index >= 15 is 0 Å². The maximum absolute atomic E-state index is 14.5. The monoisotopic (exact) mass is 355 g/mol. The maximum atomic E-state index is 14.5. The van der Waals surface area contributed by atoms with E-state index < -0.39 is 17.5 Å². The fourth-order valence-corrected chi connectivity index (χ4v) is 3.19. The maximum Gasteiger partial charge on any atom is 0.244 e. The van der Waals surface area contributed by atoms with Gasteiger partial charge in [-0.25, -0.2) is 8.78 Å². The van der Waals surface area contributed by atoms with E-state index in [0.717, 1.165) is 17.8 Å². The van der Waals surface area contributed by atoms with Crippen LogP contribution in [0.25, 0.3) is 4.91 Å². The first-order valence-corrected chi connectivity index (χ1v) is 8.17. The molecule has 1 aliphatic heterocycles. The van der Waals surface area contributed by atoms with Gasteiger partial charge >= 0.3 is 0 Å². The lowest BCUT2D eigenvalue weighted by Crippen LogP contribution is -2.36. The van der Waals surface area contributed by atoms with E-state index in [4.69, 9.17) is 16.2 Å². The number of nitrogens with zero attached hydrogens (tertiary/aromatic N) is 1. The largest absolute Gasteiger partial charge is 0.393 e. The van der Waals surface area contributed by atoms with Crippen LogP contribution in [0.15, 0.2) is 29.3 Å². The van der Waals surface area contributed by atoms with Gasteiger partial charge in [-0.05, 0) is 19.1 Å². The van der Waals surface area contributed by atoms with Crippen LogP contribution >= 0.6 is 11.8 Å². The number of ether oxygens (including phenoxy) is 1. The quantitative estimate of drug-likeness (QED) is 0.791. The summed E-state index contributed by atoms with van der Waals surface area (Å²) in [6.07, 6.45) is 2.54. The lowest BCUT2D eigenvalue weighted by molar-refractivity contribution is -0.113. The van der Waals surface area contributed by atoms with E-state index in [1.807, 2.05) is 4.90 Å². The van der Waals surface area contributed by atoms with E-state index in [-0.39, 0.29) is 15.5 Å². The molecule has 0 atom stereocenters. The summed E-state index contributed by atoms with van der Waals surface area (Å²) in [7, 11) is 0. The van der Waals surface area contributed by atoms with Crippen molar-refractivity contribution in [3.8, 4) is 0 Å². The molecule has 24 heavy (non-hydrogen) atoms. The van der Waals surface area contributed by atoms with Crippen molar-refractivity contribution >= 4 is 28.3 Å². The average Bonchev–Trinajstić information content (AvgIpc) is 2.53. The molecule has 5 nitrogen and oxygen atoms in total. The van der Waals surface area contributed by atoms with Gasteiger partial charge in [0.2, 0.25) is 5.91 Å². The van der Waals surface area contributed by atoms with Crippen LogP contribution < -0.4 is 16.4 Å². The summed E-state index contributed by atoms with van der Waals surface area (Å²) in [5.74, 6) is -2.10. The highest BCUT2D eigenvalue weighted by molar-refractivity contribution is 8.11. The molecule has 1 saturated heterocycles. The number of hydrogen-bond donors (Lipinski definition) is 2. The van der Waals surface area contributed by atoms with Gasteiger partial charge in [-0.2, -0.15) is 0 Å². The Hall–Kier alpha value is -2.06. The van der Waals surface area contributed by atoms with E-state index in [1.54, 1.807) is 6.92 Å². The normalized spacial score (nSPS) is 16.4. The molecule has 2 rings (SSSR count). The van der Waals surface area contributed by atoms with Crippen LogP contribution in [-0.4, -0.2) is 32.2 Å². The summed E-state index contributed by atoms with van der Waals surface area (Å²) in [5, 5.41) is 0.0617. The topological polar surface area (TPSA) is 81.6 Å². The zero-order chi connectivity index (χ0) is 17.7. The van der Waals surface area contributed by atoms with Crippen molar-refractivity contribution in [2.24, 2.45) is 11.5 Å². The molecule has 4 N–H and O–H groups in total. The van der Waals surface area contributed by atoms with Gasteiger partial charge in [0.1, 0.15) is 11.6 Å². The number of allylic oxidation sites excluding steroid dienone is 1. The second kappa shape index (κ2) is 8.16. The molecule has 1 fully saturated rings. The Kier molecular flexibility index (Phi) is 6.22. The van der Waals surface area contributed by atoms with Gasteiger partial charge in [0.25, 0.3) is 0 Å². The molecule has 130 valence electrons. The predicted octanol–water partition coefficient (Wildman–Crippen LogP) is 2.18.